The van der Waals surface area contributed by atoms with E-state index in [1.807, 2.05) is 0 Å². The molecule has 6 heteroatoms. The van der Waals surface area contributed by atoms with Crippen molar-refractivity contribution in [1.82, 2.24) is 10.6 Å². The highest BCUT2D eigenvalue weighted by Crippen LogP contribution is 2.30. The Morgan fingerprint density at radius 2 is 1.62 bits per heavy atom. The second kappa shape index (κ2) is 10.5. The summed E-state index contributed by atoms with van der Waals surface area (Å²) in [5.74, 6) is -0.575. The van der Waals surface area contributed by atoms with Crippen LogP contribution in [-0.4, -0.2) is 40.9 Å². The van der Waals surface area contributed by atoms with Gasteiger partial charge in [0, 0.05) is 12.1 Å². The molecule has 1 rings (SSSR count). The van der Waals surface area contributed by atoms with E-state index in [-0.39, 0.29) is 0 Å². The molecule has 0 radical (unpaired) electrons. The van der Waals surface area contributed by atoms with Crippen molar-refractivity contribution in [2.45, 2.75) is 97.9 Å². The molecule has 0 spiro atoms. The maximum Gasteiger partial charge on any atom is 0.408 e. The molecule has 1 atom stereocenters. The minimum absolute atomic E-state index is 0.422. The molecular weight excluding hydrogens is 308 g/mol. The van der Waals surface area contributed by atoms with Crippen LogP contribution < -0.4 is 10.6 Å². The Bertz CT molecular complexity index is 379. The summed E-state index contributed by atoms with van der Waals surface area (Å²) in [5.41, 5.74) is -0.608. The lowest BCUT2D eigenvalue weighted by Gasteiger charge is -2.29. The number of amides is 1. The molecule has 0 aromatic heterocycles. The summed E-state index contributed by atoms with van der Waals surface area (Å²) in [6, 6.07) is 0.412. The van der Waals surface area contributed by atoms with Crippen molar-refractivity contribution in [2.75, 3.05) is 0 Å². The van der Waals surface area contributed by atoms with E-state index in [0.717, 1.165) is 19.3 Å². The van der Waals surface area contributed by atoms with Crippen molar-refractivity contribution in [3.63, 3.8) is 0 Å². The number of ether oxygens (including phenoxy) is 1. The number of hydrogen-bond donors (Lipinski definition) is 3. The first kappa shape index (κ1) is 22.7. The second-order valence-corrected chi connectivity index (χ2v) is 8.05. The van der Waals surface area contributed by atoms with Gasteiger partial charge in [-0.25, -0.2) is 9.59 Å². The van der Waals surface area contributed by atoms with Crippen LogP contribution in [0.1, 0.15) is 74.1 Å². The highest BCUT2D eigenvalue weighted by Gasteiger charge is 2.29. The zero-order chi connectivity index (χ0) is 18.9. The third kappa shape index (κ3) is 12.2. The zero-order valence-corrected chi connectivity index (χ0v) is 16.3. The molecule has 3 N–H and O–H groups in total. The van der Waals surface area contributed by atoms with Gasteiger partial charge in [0.1, 0.15) is 11.6 Å². The van der Waals surface area contributed by atoms with E-state index < -0.39 is 23.7 Å². The lowest BCUT2D eigenvalue weighted by Crippen LogP contribution is -2.45. The predicted molar refractivity (Wildman–Crippen MR) is 96.2 cm³/mol. The first-order valence-corrected chi connectivity index (χ1v) is 8.89. The largest absolute Gasteiger partial charge is 0.480 e. The van der Waals surface area contributed by atoms with Gasteiger partial charge in [0.15, 0.2) is 0 Å². The van der Waals surface area contributed by atoms with E-state index in [9.17, 15) is 9.59 Å². The van der Waals surface area contributed by atoms with Gasteiger partial charge in [-0.2, -0.15) is 0 Å². The fourth-order valence-corrected chi connectivity index (χ4v) is 2.40. The molecule has 1 aliphatic rings. The van der Waals surface area contributed by atoms with Crippen LogP contribution in [0.2, 0.25) is 0 Å². The number of carbonyl (C=O) groups is 2. The van der Waals surface area contributed by atoms with Crippen LogP contribution in [0, 0.1) is 5.92 Å². The SMILES string of the molecule is CC(C)(C)OC(=O)NC(CC1CCC1)C(=O)O.CC(C)NC(C)C. The maximum absolute atomic E-state index is 11.5. The van der Waals surface area contributed by atoms with Gasteiger partial charge in [0.05, 0.1) is 0 Å². The topological polar surface area (TPSA) is 87.7 Å². The Morgan fingerprint density at radius 1 is 1.12 bits per heavy atom. The quantitative estimate of drug-likeness (QED) is 0.686. The Hall–Kier alpha value is -1.30. The minimum atomic E-state index is -0.997. The van der Waals surface area contributed by atoms with Gasteiger partial charge >= 0.3 is 12.1 Å². The number of carbonyl (C=O) groups excluding carboxylic acids is 1. The second-order valence-electron chi connectivity index (χ2n) is 8.05. The molecule has 0 aromatic rings. The van der Waals surface area contributed by atoms with Gasteiger partial charge in [-0.05, 0) is 33.1 Å². The number of rotatable bonds is 6. The average molecular weight is 344 g/mol. The van der Waals surface area contributed by atoms with E-state index >= 15 is 0 Å². The number of aliphatic carboxylic acids is 1. The highest BCUT2D eigenvalue weighted by atomic mass is 16.6. The number of carboxylic acids is 1. The molecule has 1 saturated carbocycles. The monoisotopic (exact) mass is 344 g/mol. The summed E-state index contributed by atoms with van der Waals surface area (Å²) in [6.45, 7) is 13.8. The van der Waals surface area contributed by atoms with Crippen LogP contribution in [0.4, 0.5) is 4.79 Å². The molecule has 142 valence electrons. The summed E-state index contributed by atoms with van der Waals surface area (Å²) in [4.78, 5) is 22.5. The third-order valence-electron chi connectivity index (χ3n) is 3.45. The molecule has 0 aromatic carbocycles. The third-order valence-corrected chi connectivity index (χ3v) is 3.45. The van der Waals surface area contributed by atoms with Crippen LogP contribution in [0.15, 0.2) is 0 Å². The Kier molecular flexibility index (Phi) is 9.97. The van der Waals surface area contributed by atoms with Crippen molar-refractivity contribution in [2.24, 2.45) is 5.92 Å². The molecule has 0 saturated heterocycles. The Labute approximate surface area is 146 Å². The van der Waals surface area contributed by atoms with E-state index in [1.165, 1.54) is 0 Å². The van der Waals surface area contributed by atoms with Crippen molar-refractivity contribution < 1.29 is 19.4 Å². The molecule has 0 heterocycles. The van der Waals surface area contributed by atoms with Crippen molar-refractivity contribution >= 4 is 12.1 Å². The smallest absolute Gasteiger partial charge is 0.408 e. The van der Waals surface area contributed by atoms with Crippen molar-refractivity contribution in [1.29, 1.82) is 0 Å². The molecule has 6 nitrogen and oxygen atoms in total. The van der Waals surface area contributed by atoms with Crippen LogP contribution >= 0.6 is 0 Å². The van der Waals surface area contributed by atoms with Gasteiger partial charge in [-0.3, -0.25) is 0 Å². The molecule has 1 aliphatic carbocycles. The molecule has 24 heavy (non-hydrogen) atoms. The van der Waals surface area contributed by atoms with E-state index in [4.69, 9.17) is 9.84 Å². The molecule has 1 amide bonds. The number of alkyl carbamates (subject to hydrolysis) is 1. The summed E-state index contributed by atoms with van der Waals surface area (Å²) >= 11 is 0. The summed E-state index contributed by atoms with van der Waals surface area (Å²) in [7, 11) is 0. The van der Waals surface area contributed by atoms with E-state index in [2.05, 4.69) is 38.3 Å². The van der Waals surface area contributed by atoms with Gasteiger partial charge in [-0.1, -0.05) is 47.0 Å². The first-order chi connectivity index (χ1) is 10.9. The fourth-order valence-electron chi connectivity index (χ4n) is 2.40. The average Bonchev–Trinajstić information content (AvgIpc) is 2.28. The molecule has 1 fully saturated rings. The van der Waals surface area contributed by atoms with Crippen LogP contribution in [-0.2, 0) is 9.53 Å². The highest BCUT2D eigenvalue weighted by molar-refractivity contribution is 5.80. The molecule has 0 bridgehead atoms. The van der Waals surface area contributed by atoms with Crippen LogP contribution in [0.3, 0.4) is 0 Å². The number of carboxylic acid groups (broad SMARTS) is 1. The number of hydrogen-bond acceptors (Lipinski definition) is 4. The van der Waals surface area contributed by atoms with Crippen LogP contribution in [0.5, 0.6) is 0 Å². The first-order valence-electron chi connectivity index (χ1n) is 8.89. The lowest BCUT2D eigenvalue weighted by atomic mass is 9.81. The van der Waals surface area contributed by atoms with E-state index in [0.29, 0.717) is 24.4 Å². The summed E-state index contributed by atoms with van der Waals surface area (Å²) < 4.78 is 5.04. The van der Waals surface area contributed by atoms with Crippen molar-refractivity contribution in [3.8, 4) is 0 Å². The zero-order valence-electron chi connectivity index (χ0n) is 16.3. The molecular formula is C18H36N2O4. The Balaban J connectivity index is 0.000000640. The maximum atomic E-state index is 11.5. The van der Waals surface area contributed by atoms with Gasteiger partial charge < -0.3 is 20.5 Å². The van der Waals surface area contributed by atoms with Crippen LogP contribution in [0.25, 0.3) is 0 Å². The van der Waals surface area contributed by atoms with Gasteiger partial charge in [0.25, 0.3) is 0 Å². The van der Waals surface area contributed by atoms with Gasteiger partial charge in [0.2, 0.25) is 0 Å². The van der Waals surface area contributed by atoms with E-state index in [1.54, 1.807) is 20.8 Å². The number of nitrogens with one attached hydrogen (secondary N) is 2. The molecule has 0 aliphatic heterocycles. The standard InChI is InChI=1S/C12H21NO4.C6H15N/c1-12(2,3)17-11(16)13-9(10(14)15)7-8-5-4-6-8;1-5(2)7-6(3)4/h8-9H,4-7H2,1-3H3,(H,13,16)(H,14,15);5-7H,1-4H3. The minimum Gasteiger partial charge on any atom is -0.480 e. The summed E-state index contributed by atoms with van der Waals surface area (Å²) in [6.07, 6.45) is 3.10. The summed E-state index contributed by atoms with van der Waals surface area (Å²) in [5, 5.41) is 14.7. The normalized spacial score (nSPS) is 16.0. The lowest BCUT2D eigenvalue weighted by molar-refractivity contribution is -0.140. The predicted octanol–water partition coefficient (Wildman–Crippen LogP) is 3.55. The van der Waals surface area contributed by atoms with Crippen molar-refractivity contribution in [3.05, 3.63) is 0 Å². The Morgan fingerprint density at radius 3 is 1.88 bits per heavy atom. The van der Waals surface area contributed by atoms with Gasteiger partial charge in [-0.15, -0.1) is 0 Å². The molecule has 1 unspecified atom stereocenters. The fraction of sp³-hybridized carbons (Fsp3) is 0.889.